The maximum Gasteiger partial charge on any atom is 0.0586 e. The van der Waals surface area contributed by atoms with E-state index in [0.29, 0.717) is 12.1 Å². The number of methoxy groups -OCH3 is 1. The molecule has 2 aliphatic rings. The fraction of sp³-hybridized carbons (Fsp3) is 1.00. The molecule has 0 aromatic rings. The van der Waals surface area contributed by atoms with Gasteiger partial charge in [-0.15, -0.1) is 11.6 Å². The molecule has 1 saturated heterocycles. The van der Waals surface area contributed by atoms with Gasteiger partial charge in [-0.25, -0.2) is 0 Å². The summed E-state index contributed by atoms with van der Waals surface area (Å²) in [6, 6.07) is 1.36. The smallest absolute Gasteiger partial charge is 0.0586 e. The van der Waals surface area contributed by atoms with Crippen molar-refractivity contribution in [3.63, 3.8) is 0 Å². The molecule has 1 saturated carbocycles. The summed E-state index contributed by atoms with van der Waals surface area (Å²) in [6.45, 7) is 1.25. The van der Waals surface area contributed by atoms with Crippen molar-refractivity contribution in [2.45, 2.75) is 56.7 Å². The van der Waals surface area contributed by atoms with E-state index in [1.54, 1.807) is 0 Å². The summed E-state index contributed by atoms with van der Waals surface area (Å²) in [7, 11) is 1.84. The maximum absolute atomic E-state index is 6.02. The van der Waals surface area contributed by atoms with E-state index in [4.69, 9.17) is 16.3 Å². The Kier molecular flexibility index (Phi) is 4.30. The van der Waals surface area contributed by atoms with Crippen LogP contribution in [0.15, 0.2) is 0 Å². The molecule has 1 heterocycles. The lowest BCUT2D eigenvalue weighted by atomic mass is 9.91. The molecular formula is C12H22ClNO. The van der Waals surface area contributed by atoms with Gasteiger partial charge in [0.1, 0.15) is 0 Å². The van der Waals surface area contributed by atoms with Crippen molar-refractivity contribution in [3.8, 4) is 0 Å². The minimum absolute atomic E-state index is 0.486. The average molecular weight is 232 g/mol. The number of halogens is 1. The summed E-state index contributed by atoms with van der Waals surface area (Å²) in [4.78, 5) is 2.64. The number of hydrogen-bond donors (Lipinski definition) is 0. The van der Waals surface area contributed by atoms with Crippen molar-refractivity contribution < 1.29 is 4.74 Å². The Labute approximate surface area is 97.9 Å². The van der Waals surface area contributed by atoms with Gasteiger partial charge in [0.15, 0.2) is 0 Å². The van der Waals surface area contributed by atoms with Gasteiger partial charge in [0.25, 0.3) is 0 Å². The van der Waals surface area contributed by atoms with Gasteiger partial charge in [-0.3, -0.25) is 4.90 Å². The van der Waals surface area contributed by atoms with E-state index in [1.165, 1.54) is 45.1 Å². The van der Waals surface area contributed by atoms with E-state index in [2.05, 4.69) is 4.90 Å². The lowest BCUT2D eigenvalue weighted by Gasteiger charge is -2.37. The van der Waals surface area contributed by atoms with Crippen LogP contribution in [0.4, 0.5) is 0 Å². The second-order valence-electron chi connectivity index (χ2n) is 4.87. The average Bonchev–Trinajstić information content (AvgIpc) is 2.77. The third kappa shape index (κ3) is 2.66. The van der Waals surface area contributed by atoms with Crippen LogP contribution in [-0.4, -0.2) is 42.6 Å². The van der Waals surface area contributed by atoms with Crippen LogP contribution in [0.3, 0.4) is 0 Å². The molecule has 1 aliphatic carbocycles. The Bertz CT molecular complexity index is 200. The quantitative estimate of drug-likeness (QED) is 0.693. The van der Waals surface area contributed by atoms with Gasteiger partial charge < -0.3 is 4.74 Å². The van der Waals surface area contributed by atoms with Crippen molar-refractivity contribution in [1.29, 1.82) is 0 Å². The molecular weight excluding hydrogens is 210 g/mol. The summed E-state index contributed by atoms with van der Waals surface area (Å²) in [5, 5.41) is 0. The highest BCUT2D eigenvalue weighted by Crippen LogP contribution is 2.30. The molecule has 2 fully saturated rings. The molecule has 2 nitrogen and oxygen atoms in total. The highest BCUT2D eigenvalue weighted by Gasteiger charge is 2.33. The highest BCUT2D eigenvalue weighted by molar-refractivity contribution is 6.18. The number of nitrogens with zero attached hydrogens (tertiary/aromatic N) is 1. The second-order valence-corrected chi connectivity index (χ2v) is 5.17. The van der Waals surface area contributed by atoms with E-state index in [9.17, 15) is 0 Å². The summed E-state index contributed by atoms with van der Waals surface area (Å²) >= 11 is 6.02. The van der Waals surface area contributed by atoms with Crippen LogP contribution in [0, 0.1) is 0 Å². The molecule has 0 bridgehead atoms. The van der Waals surface area contributed by atoms with E-state index in [1.807, 2.05) is 7.11 Å². The number of likely N-dealkylation sites (tertiary alicyclic amines) is 1. The van der Waals surface area contributed by atoms with Gasteiger partial charge in [0.2, 0.25) is 0 Å². The van der Waals surface area contributed by atoms with Crippen LogP contribution in [0.2, 0.25) is 0 Å². The molecule has 88 valence electrons. The Hall–Kier alpha value is 0.210. The number of rotatable bonds is 3. The van der Waals surface area contributed by atoms with E-state index < -0.39 is 0 Å². The molecule has 3 atom stereocenters. The zero-order valence-corrected chi connectivity index (χ0v) is 10.4. The lowest BCUT2D eigenvalue weighted by molar-refractivity contribution is 0.0264. The van der Waals surface area contributed by atoms with Gasteiger partial charge in [-0.05, 0) is 45.1 Å². The van der Waals surface area contributed by atoms with Crippen LogP contribution in [0.5, 0.6) is 0 Å². The second kappa shape index (κ2) is 5.51. The molecule has 0 amide bonds. The molecule has 2 rings (SSSR count). The predicted octanol–water partition coefficient (Wildman–Crippen LogP) is 2.65. The van der Waals surface area contributed by atoms with Crippen LogP contribution in [0.1, 0.15) is 38.5 Å². The van der Waals surface area contributed by atoms with E-state index in [-0.39, 0.29) is 0 Å². The molecule has 2 unspecified atom stereocenters. The number of ether oxygens (including phenoxy) is 1. The summed E-state index contributed by atoms with van der Waals surface area (Å²) in [5.41, 5.74) is 0. The minimum Gasteiger partial charge on any atom is -0.381 e. The van der Waals surface area contributed by atoms with Gasteiger partial charge in [-0.2, -0.15) is 0 Å². The molecule has 1 aliphatic heterocycles. The summed E-state index contributed by atoms with van der Waals surface area (Å²) < 4.78 is 5.49. The van der Waals surface area contributed by atoms with Crippen molar-refractivity contribution in [1.82, 2.24) is 4.90 Å². The Balaban J connectivity index is 1.91. The Morgan fingerprint density at radius 2 is 2.13 bits per heavy atom. The van der Waals surface area contributed by atoms with Gasteiger partial charge >= 0.3 is 0 Å². The standard InChI is InChI=1S/C12H22ClNO/c1-15-12-6-2-4-10(8-12)14-7-3-5-11(14)9-13/h10-12H,2-9H2,1H3/t10?,11-,12?/m1/s1. The zero-order valence-electron chi connectivity index (χ0n) is 9.62. The third-order valence-corrected chi connectivity index (χ3v) is 4.36. The monoisotopic (exact) mass is 231 g/mol. The highest BCUT2D eigenvalue weighted by atomic mass is 35.5. The normalized spacial score (nSPS) is 38.4. The van der Waals surface area contributed by atoms with E-state index in [0.717, 1.165) is 11.9 Å². The largest absolute Gasteiger partial charge is 0.381 e. The van der Waals surface area contributed by atoms with Crippen molar-refractivity contribution >= 4 is 11.6 Å². The fourth-order valence-electron chi connectivity index (χ4n) is 3.14. The van der Waals surface area contributed by atoms with Crippen LogP contribution >= 0.6 is 11.6 Å². The fourth-order valence-corrected chi connectivity index (χ4v) is 3.47. The zero-order chi connectivity index (χ0) is 10.7. The SMILES string of the molecule is COC1CCCC(N2CCC[C@@H]2CCl)C1. The van der Waals surface area contributed by atoms with Gasteiger partial charge in [0.05, 0.1) is 6.10 Å². The number of alkyl halides is 1. The van der Waals surface area contributed by atoms with Crippen LogP contribution in [-0.2, 0) is 4.74 Å². The van der Waals surface area contributed by atoms with Gasteiger partial charge in [-0.1, -0.05) is 0 Å². The minimum atomic E-state index is 0.486. The Morgan fingerprint density at radius 3 is 2.87 bits per heavy atom. The first-order valence-corrected chi connectivity index (χ1v) is 6.73. The topological polar surface area (TPSA) is 12.5 Å². The predicted molar refractivity (Wildman–Crippen MR) is 63.5 cm³/mol. The molecule has 0 spiro atoms. The first kappa shape index (κ1) is 11.7. The molecule has 0 aromatic heterocycles. The third-order valence-electron chi connectivity index (χ3n) is 4.00. The summed E-state index contributed by atoms with van der Waals surface area (Å²) in [6.07, 6.45) is 8.21. The molecule has 0 aromatic carbocycles. The first-order chi connectivity index (χ1) is 7.35. The van der Waals surface area contributed by atoms with Gasteiger partial charge in [0, 0.05) is 25.1 Å². The Morgan fingerprint density at radius 1 is 1.27 bits per heavy atom. The lowest BCUT2D eigenvalue weighted by Crippen LogP contribution is -2.44. The molecule has 0 radical (unpaired) electrons. The van der Waals surface area contributed by atoms with E-state index >= 15 is 0 Å². The molecule has 0 N–H and O–H groups in total. The van der Waals surface area contributed by atoms with Crippen molar-refractivity contribution in [2.24, 2.45) is 0 Å². The number of hydrogen-bond acceptors (Lipinski definition) is 2. The maximum atomic E-state index is 6.02. The van der Waals surface area contributed by atoms with Crippen molar-refractivity contribution in [3.05, 3.63) is 0 Å². The van der Waals surface area contributed by atoms with Crippen LogP contribution in [0.25, 0.3) is 0 Å². The first-order valence-electron chi connectivity index (χ1n) is 6.19. The summed E-state index contributed by atoms with van der Waals surface area (Å²) in [5.74, 6) is 0.800. The molecule has 15 heavy (non-hydrogen) atoms. The van der Waals surface area contributed by atoms with Crippen LogP contribution < -0.4 is 0 Å². The molecule has 3 heteroatoms. The van der Waals surface area contributed by atoms with Crippen molar-refractivity contribution in [2.75, 3.05) is 19.5 Å².